The molecule has 2 fully saturated rings. The lowest BCUT2D eigenvalue weighted by Gasteiger charge is -2.15. The highest BCUT2D eigenvalue weighted by atomic mass is 16.5. The van der Waals surface area contributed by atoms with Gasteiger partial charge in [0.2, 0.25) is 0 Å². The van der Waals surface area contributed by atoms with Crippen molar-refractivity contribution in [2.45, 2.75) is 31.3 Å². The van der Waals surface area contributed by atoms with Crippen molar-refractivity contribution in [1.29, 1.82) is 0 Å². The fourth-order valence-corrected chi connectivity index (χ4v) is 2.82. The van der Waals surface area contributed by atoms with Gasteiger partial charge in [-0.3, -0.25) is 9.69 Å². The molecular formula is C16H20N2O3. The van der Waals surface area contributed by atoms with Gasteiger partial charge in [0.05, 0.1) is 12.7 Å². The molecule has 5 heteroatoms. The standard InChI is InChI=1S/C16H20N2O3/c1-21-16(20)12-4-2-11(3-5-12)15(19)17-13-8-9-18(10-13)14-6-7-14/h2-5,13-14H,6-10H2,1H3,(H,17,19). The number of rotatable bonds is 4. The fourth-order valence-electron chi connectivity index (χ4n) is 2.82. The highest BCUT2D eigenvalue weighted by molar-refractivity contribution is 5.96. The summed E-state index contributed by atoms with van der Waals surface area (Å²) in [6.07, 6.45) is 3.62. The number of carbonyl (C=O) groups excluding carboxylic acids is 2. The molecule has 1 aliphatic heterocycles. The summed E-state index contributed by atoms with van der Waals surface area (Å²) >= 11 is 0. The number of amides is 1. The minimum atomic E-state index is -0.391. The SMILES string of the molecule is COC(=O)c1ccc(C(=O)NC2CCN(C3CC3)C2)cc1. The first kappa shape index (κ1) is 14.1. The first-order valence-electron chi connectivity index (χ1n) is 7.40. The van der Waals surface area contributed by atoms with E-state index in [2.05, 4.69) is 15.0 Å². The van der Waals surface area contributed by atoms with Crippen molar-refractivity contribution >= 4 is 11.9 Å². The molecule has 1 atom stereocenters. The molecule has 1 unspecified atom stereocenters. The van der Waals surface area contributed by atoms with Crippen LogP contribution in [0.4, 0.5) is 0 Å². The molecule has 1 aromatic carbocycles. The normalized spacial score (nSPS) is 22.0. The quantitative estimate of drug-likeness (QED) is 0.852. The van der Waals surface area contributed by atoms with Crippen molar-refractivity contribution in [2.75, 3.05) is 20.2 Å². The second-order valence-electron chi connectivity index (χ2n) is 5.75. The van der Waals surface area contributed by atoms with Gasteiger partial charge < -0.3 is 10.1 Å². The summed E-state index contributed by atoms with van der Waals surface area (Å²) in [6.45, 7) is 2.04. The molecule has 1 aliphatic carbocycles. The summed E-state index contributed by atoms with van der Waals surface area (Å²) in [4.78, 5) is 26.0. The second kappa shape index (κ2) is 5.85. The number of likely N-dealkylation sites (tertiary alicyclic amines) is 1. The minimum absolute atomic E-state index is 0.0749. The predicted octanol–water partition coefficient (Wildman–Crippen LogP) is 1.44. The topological polar surface area (TPSA) is 58.6 Å². The lowest BCUT2D eigenvalue weighted by Crippen LogP contribution is -2.37. The van der Waals surface area contributed by atoms with Gasteiger partial charge in [-0.25, -0.2) is 4.79 Å². The Kier molecular flexibility index (Phi) is 3.92. The van der Waals surface area contributed by atoms with Crippen LogP contribution >= 0.6 is 0 Å². The van der Waals surface area contributed by atoms with E-state index in [1.54, 1.807) is 24.3 Å². The average Bonchev–Trinajstić information content (AvgIpc) is 3.27. The number of nitrogens with one attached hydrogen (secondary N) is 1. The number of methoxy groups -OCH3 is 1. The van der Waals surface area contributed by atoms with Gasteiger partial charge in [-0.05, 0) is 43.5 Å². The maximum Gasteiger partial charge on any atom is 0.337 e. The molecule has 0 radical (unpaired) electrons. The molecule has 2 aliphatic rings. The zero-order valence-electron chi connectivity index (χ0n) is 12.2. The Morgan fingerprint density at radius 1 is 1.14 bits per heavy atom. The predicted molar refractivity (Wildman–Crippen MR) is 78.2 cm³/mol. The van der Waals surface area contributed by atoms with Crippen LogP contribution in [0.3, 0.4) is 0 Å². The number of ether oxygens (including phenoxy) is 1. The van der Waals surface area contributed by atoms with Crippen LogP contribution in [-0.4, -0.2) is 49.1 Å². The molecule has 1 N–H and O–H groups in total. The van der Waals surface area contributed by atoms with E-state index in [1.807, 2.05) is 0 Å². The molecule has 5 nitrogen and oxygen atoms in total. The summed E-state index contributed by atoms with van der Waals surface area (Å²) in [7, 11) is 1.34. The third-order valence-corrected chi connectivity index (χ3v) is 4.19. The number of nitrogens with zero attached hydrogens (tertiary/aromatic N) is 1. The zero-order valence-corrected chi connectivity index (χ0v) is 12.2. The maximum atomic E-state index is 12.2. The van der Waals surface area contributed by atoms with Crippen molar-refractivity contribution in [1.82, 2.24) is 10.2 Å². The molecule has 21 heavy (non-hydrogen) atoms. The molecular weight excluding hydrogens is 268 g/mol. The lowest BCUT2D eigenvalue weighted by atomic mass is 10.1. The first-order valence-corrected chi connectivity index (χ1v) is 7.40. The molecule has 0 bridgehead atoms. The molecule has 1 saturated heterocycles. The summed E-state index contributed by atoms with van der Waals surface area (Å²) in [5, 5.41) is 3.07. The first-order chi connectivity index (χ1) is 10.2. The highest BCUT2D eigenvalue weighted by Gasteiger charge is 2.34. The van der Waals surface area contributed by atoms with E-state index in [1.165, 1.54) is 20.0 Å². The molecule has 1 amide bonds. The zero-order chi connectivity index (χ0) is 14.8. The smallest absolute Gasteiger partial charge is 0.337 e. The van der Waals surface area contributed by atoms with E-state index in [-0.39, 0.29) is 11.9 Å². The Balaban J connectivity index is 1.56. The largest absolute Gasteiger partial charge is 0.465 e. The lowest BCUT2D eigenvalue weighted by molar-refractivity contribution is 0.0600. The monoisotopic (exact) mass is 288 g/mol. The Morgan fingerprint density at radius 2 is 1.81 bits per heavy atom. The van der Waals surface area contributed by atoms with Gasteiger partial charge in [-0.1, -0.05) is 0 Å². The van der Waals surface area contributed by atoms with Crippen LogP contribution in [0, 0.1) is 0 Å². The van der Waals surface area contributed by atoms with E-state index in [4.69, 9.17) is 0 Å². The van der Waals surface area contributed by atoms with Crippen LogP contribution in [0.2, 0.25) is 0 Å². The van der Waals surface area contributed by atoms with Gasteiger partial charge >= 0.3 is 5.97 Å². The van der Waals surface area contributed by atoms with Crippen LogP contribution in [0.1, 0.15) is 40.0 Å². The van der Waals surface area contributed by atoms with Crippen LogP contribution in [-0.2, 0) is 4.74 Å². The Morgan fingerprint density at radius 3 is 2.43 bits per heavy atom. The van der Waals surface area contributed by atoms with E-state index in [0.29, 0.717) is 11.1 Å². The Labute approximate surface area is 124 Å². The number of benzene rings is 1. The van der Waals surface area contributed by atoms with Crippen molar-refractivity contribution < 1.29 is 14.3 Å². The molecule has 0 spiro atoms. The molecule has 112 valence electrons. The highest BCUT2D eigenvalue weighted by Crippen LogP contribution is 2.29. The summed E-state index contributed by atoms with van der Waals surface area (Å²) in [5.41, 5.74) is 1.03. The molecule has 1 aromatic rings. The van der Waals surface area contributed by atoms with E-state index >= 15 is 0 Å². The molecule has 0 aromatic heterocycles. The fraction of sp³-hybridized carbons (Fsp3) is 0.500. The van der Waals surface area contributed by atoms with Crippen LogP contribution in [0.5, 0.6) is 0 Å². The van der Waals surface area contributed by atoms with Crippen molar-refractivity contribution in [3.8, 4) is 0 Å². The molecule has 3 rings (SSSR count). The van der Waals surface area contributed by atoms with Crippen molar-refractivity contribution in [3.63, 3.8) is 0 Å². The third kappa shape index (κ3) is 3.24. The summed E-state index contributed by atoms with van der Waals surface area (Å²) in [6, 6.07) is 7.55. The van der Waals surface area contributed by atoms with E-state index in [9.17, 15) is 9.59 Å². The minimum Gasteiger partial charge on any atom is -0.465 e. The van der Waals surface area contributed by atoms with E-state index < -0.39 is 5.97 Å². The van der Waals surface area contributed by atoms with Gasteiger partial charge in [-0.15, -0.1) is 0 Å². The van der Waals surface area contributed by atoms with Gasteiger partial charge in [0.25, 0.3) is 5.91 Å². The van der Waals surface area contributed by atoms with Gasteiger partial charge in [0.15, 0.2) is 0 Å². The number of hydrogen-bond acceptors (Lipinski definition) is 4. The second-order valence-corrected chi connectivity index (χ2v) is 5.75. The number of carbonyl (C=O) groups is 2. The van der Waals surface area contributed by atoms with Crippen LogP contribution in [0.25, 0.3) is 0 Å². The number of hydrogen-bond donors (Lipinski definition) is 1. The van der Waals surface area contributed by atoms with Crippen LogP contribution < -0.4 is 5.32 Å². The van der Waals surface area contributed by atoms with Gasteiger partial charge in [0.1, 0.15) is 0 Å². The van der Waals surface area contributed by atoms with Gasteiger partial charge in [0, 0.05) is 30.7 Å². The molecule has 1 heterocycles. The third-order valence-electron chi connectivity index (χ3n) is 4.19. The average molecular weight is 288 g/mol. The van der Waals surface area contributed by atoms with Crippen LogP contribution in [0.15, 0.2) is 24.3 Å². The van der Waals surface area contributed by atoms with Gasteiger partial charge in [-0.2, -0.15) is 0 Å². The van der Waals surface area contributed by atoms with Crippen molar-refractivity contribution in [3.05, 3.63) is 35.4 Å². The van der Waals surface area contributed by atoms with Crippen molar-refractivity contribution in [2.24, 2.45) is 0 Å². The summed E-state index contributed by atoms with van der Waals surface area (Å²) in [5.74, 6) is -0.466. The summed E-state index contributed by atoms with van der Waals surface area (Å²) < 4.78 is 4.64. The Hall–Kier alpha value is -1.88. The van der Waals surface area contributed by atoms with E-state index in [0.717, 1.165) is 25.6 Å². The maximum absolute atomic E-state index is 12.2. The molecule has 1 saturated carbocycles. The number of esters is 1. The Bertz CT molecular complexity index is 537.